The van der Waals surface area contributed by atoms with Gasteiger partial charge in [-0.05, 0) is 18.2 Å². The number of nitrogens with one attached hydrogen (secondary N) is 1. The summed E-state index contributed by atoms with van der Waals surface area (Å²) in [5, 5.41) is 11.7. The zero-order valence-corrected chi connectivity index (χ0v) is 12.1. The smallest absolute Gasteiger partial charge is 0.411 e. The van der Waals surface area contributed by atoms with E-state index in [2.05, 4.69) is 11.9 Å². The first kappa shape index (κ1) is 15.8. The van der Waals surface area contributed by atoms with Crippen molar-refractivity contribution in [3.8, 4) is 0 Å². The molecule has 2 N–H and O–H groups in total. The fourth-order valence-corrected chi connectivity index (χ4v) is 2.12. The van der Waals surface area contributed by atoms with Gasteiger partial charge in [0, 0.05) is 18.8 Å². The van der Waals surface area contributed by atoms with Gasteiger partial charge in [0.1, 0.15) is 6.61 Å². The summed E-state index contributed by atoms with van der Waals surface area (Å²) in [4.78, 5) is 25.0. The highest BCUT2D eigenvalue weighted by Crippen LogP contribution is 2.24. The average Bonchev–Trinajstić information content (AvgIpc) is 2.54. The summed E-state index contributed by atoms with van der Waals surface area (Å²) in [5.41, 5.74) is 0.990. The van der Waals surface area contributed by atoms with Crippen LogP contribution in [-0.2, 0) is 9.47 Å². The highest BCUT2D eigenvalue weighted by molar-refractivity contribution is 5.99. The molecule has 0 aliphatic carbocycles. The van der Waals surface area contributed by atoms with Gasteiger partial charge < -0.3 is 19.5 Å². The van der Waals surface area contributed by atoms with Crippen molar-refractivity contribution in [2.24, 2.45) is 0 Å². The minimum absolute atomic E-state index is 0.0135. The van der Waals surface area contributed by atoms with E-state index < -0.39 is 12.1 Å². The normalized spacial score (nSPS) is 14.3. The summed E-state index contributed by atoms with van der Waals surface area (Å²) in [6.07, 6.45) is 0.709. The number of benzene rings is 1. The second-order valence-corrected chi connectivity index (χ2v) is 4.65. The summed E-state index contributed by atoms with van der Waals surface area (Å²) in [6.45, 7) is 6.11. The van der Waals surface area contributed by atoms with Gasteiger partial charge in [0.25, 0.3) is 0 Å². The molecule has 7 heteroatoms. The minimum atomic E-state index is -1.12. The molecule has 118 valence electrons. The second-order valence-electron chi connectivity index (χ2n) is 4.65. The molecule has 0 aromatic heterocycles. The third-order valence-electron chi connectivity index (χ3n) is 3.18. The molecule has 2 rings (SSSR count). The number of aromatic carboxylic acids is 1. The van der Waals surface area contributed by atoms with E-state index in [1.807, 2.05) is 4.90 Å². The van der Waals surface area contributed by atoms with Gasteiger partial charge in [-0.2, -0.15) is 0 Å². The summed E-state index contributed by atoms with van der Waals surface area (Å²) in [7, 11) is 0. The van der Waals surface area contributed by atoms with Crippen LogP contribution < -0.4 is 10.2 Å². The fraction of sp³-hybridized carbons (Fsp3) is 0.333. The lowest BCUT2D eigenvalue weighted by Crippen LogP contribution is -2.36. The van der Waals surface area contributed by atoms with E-state index >= 15 is 0 Å². The molecule has 1 saturated heterocycles. The second kappa shape index (κ2) is 7.46. The molecule has 22 heavy (non-hydrogen) atoms. The third-order valence-corrected chi connectivity index (χ3v) is 3.18. The standard InChI is InChI=1S/C15H18N2O5/c1-2-7-22-15(20)16-13-4-3-11(10-12(13)14(18)19)17-5-8-21-9-6-17/h2-4,10H,1,5-9H2,(H,16,20)(H,18,19). The summed E-state index contributed by atoms with van der Waals surface area (Å²) in [6, 6.07) is 4.86. The number of carbonyl (C=O) groups excluding carboxylic acids is 1. The van der Waals surface area contributed by atoms with E-state index in [9.17, 15) is 14.7 Å². The number of carboxylic acid groups (broad SMARTS) is 1. The Hall–Kier alpha value is -2.54. The number of hydrogen-bond acceptors (Lipinski definition) is 5. The molecule has 0 unspecified atom stereocenters. The zero-order chi connectivity index (χ0) is 15.9. The number of carboxylic acids is 1. The van der Waals surface area contributed by atoms with Crippen molar-refractivity contribution in [3.63, 3.8) is 0 Å². The maximum absolute atomic E-state index is 11.5. The quantitative estimate of drug-likeness (QED) is 0.808. The number of morpholine rings is 1. The molecule has 0 saturated carbocycles. The molecule has 0 bridgehead atoms. The Labute approximate surface area is 128 Å². The Kier molecular flexibility index (Phi) is 5.37. The largest absolute Gasteiger partial charge is 0.478 e. The maximum Gasteiger partial charge on any atom is 0.411 e. The number of hydrogen-bond donors (Lipinski definition) is 2. The van der Waals surface area contributed by atoms with E-state index in [1.165, 1.54) is 12.1 Å². The molecule has 1 amide bonds. The molecule has 7 nitrogen and oxygen atoms in total. The highest BCUT2D eigenvalue weighted by atomic mass is 16.5. The van der Waals surface area contributed by atoms with Crippen LogP contribution >= 0.6 is 0 Å². The SMILES string of the molecule is C=CCOC(=O)Nc1ccc(N2CCOCC2)cc1C(=O)O. The summed E-state index contributed by atoms with van der Waals surface area (Å²) >= 11 is 0. The van der Waals surface area contributed by atoms with E-state index in [1.54, 1.807) is 12.1 Å². The Morgan fingerprint density at radius 2 is 2.14 bits per heavy atom. The maximum atomic E-state index is 11.5. The molecule has 1 aromatic rings. The van der Waals surface area contributed by atoms with Gasteiger partial charge in [-0.15, -0.1) is 0 Å². The van der Waals surface area contributed by atoms with Gasteiger partial charge in [0.15, 0.2) is 0 Å². The van der Waals surface area contributed by atoms with Crippen molar-refractivity contribution >= 4 is 23.4 Å². The lowest BCUT2D eigenvalue weighted by Gasteiger charge is -2.29. The van der Waals surface area contributed by atoms with E-state index in [0.29, 0.717) is 26.3 Å². The number of ether oxygens (including phenoxy) is 2. The summed E-state index contributed by atoms with van der Waals surface area (Å²) in [5.74, 6) is -1.12. The van der Waals surface area contributed by atoms with E-state index in [0.717, 1.165) is 5.69 Å². The first-order valence-electron chi connectivity index (χ1n) is 6.86. The molecule has 1 aromatic carbocycles. The van der Waals surface area contributed by atoms with Crippen LogP contribution in [0.4, 0.5) is 16.2 Å². The van der Waals surface area contributed by atoms with Crippen LogP contribution in [0.5, 0.6) is 0 Å². The third kappa shape index (κ3) is 3.98. The Morgan fingerprint density at radius 3 is 2.77 bits per heavy atom. The van der Waals surface area contributed by atoms with Crippen LogP contribution in [0.3, 0.4) is 0 Å². The van der Waals surface area contributed by atoms with Crippen LogP contribution in [-0.4, -0.2) is 50.1 Å². The lowest BCUT2D eigenvalue weighted by molar-refractivity contribution is 0.0698. The molecule has 1 fully saturated rings. The topological polar surface area (TPSA) is 88.1 Å². The summed E-state index contributed by atoms with van der Waals surface area (Å²) < 4.78 is 10.1. The average molecular weight is 306 g/mol. The van der Waals surface area contributed by atoms with Gasteiger partial charge in [0.05, 0.1) is 24.5 Å². The molecular formula is C15H18N2O5. The van der Waals surface area contributed by atoms with E-state index in [-0.39, 0.29) is 17.9 Å². The van der Waals surface area contributed by atoms with Gasteiger partial charge >= 0.3 is 12.1 Å². The monoisotopic (exact) mass is 306 g/mol. The van der Waals surface area contributed by atoms with Crippen molar-refractivity contribution in [2.45, 2.75) is 0 Å². The molecule has 0 radical (unpaired) electrons. The van der Waals surface area contributed by atoms with Crippen molar-refractivity contribution < 1.29 is 24.2 Å². The van der Waals surface area contributed by atoms with Crippen molar-refractivity contribution in [3.05, 3.63) is 36.4 Å². The first-order valence-corrected chi connectivity index (χ1v) is 6.86. The molecule has 0 atom stereocenters. The van der Waals surface area contributed by atoms with Crippen LogP contribution in [0, 0.1) is 0 Å². The number of anilines is 2. The number of carbonyl (C=O) groups is 2. The van der Waals surface area contributed by atoms with Crippen molar-refractivity contribution in [2.75, 3.05) is 43.1 Å². The number of rotatable bonds is 5. The lowest BCUT2D eigenvalue weighted by atomic mass is 10.1. The van der Waals surface area contributed by atoms with Crippen LogP contribution in [0.1, 0.15) is 10.4 Å². The van der Waals surface area contributed by atoms with Gasteiger partial charge in [-0.25, -0.2) is 9.59 Å². The van der Waals surface area contributed by atoms with Gasteiger partial charge in [0.2, 0.25) is 0 Å². The molecular weight excluding hydrogens is 288 g/mol. The van der Waals surface area contributed by atoms with Crippen molar-refractivity contribution in [1.82, 2.24) is 0 Å². The molecule has 0 spiro atoms. The fourth-order valence-electron chi connectivity index (χ4n) is 2.12. The zero-order valence-electron chi connectivity index (χ0n) is 12.1. The van der Waals surface area contributed by atoms with Crippen LogP contribution in [0.15, 0.2) is 30.9 Å². The number of amides is 1. The Morgan fingerprint density at radius 1 is 1.41 bits per heavy atom. The van der Waals surface area contributed by atoms with Gasteiger partial charge in [-0.1, -0.05) is 12.7 Å². The highest BCUT2D eigenvalue weighted by Gasteiger charge is 2.17. The predicted molar refractivity (Wildman–Crippen MR) is 81.6 cm³/mol. The van der Waals surface area contributed by atoms with E-state index in [4.69, 9.17) is 9.47 Å². The molecule has 1 aliphatic rings. The minimum Gasteiger partial charge on any atom is -0.478 e. The predicted octanol–water partition coefficient (Wildman–Crippen LogP) is 1.96. The Bertz CT molecular complexity index is 567. The van der Waals surface area contributed by atoms with Crippen LogP contribution in [0.25, 0.3) is 0 Å². The van der Waals surface area contributed by atoms with Crippen LogP contribution in [0.2, 0.25) is 0 Å². The van der Waals surface area contributed by atoms with Crippen molar-refractivity contribution in [1.29, 1.82) is 0 Å². The first-order chi connectivity index (χ1) is 10.6. The Balaban J connectivity index is 2.17. The number of nitrogens with zero attached hydrogens (tertiary/aromatic N) is 1. The molecule has 1 aliphatic heterocycles. The van der Waals surface area contributed by atoms with Gasteiger partial charge in [-0.3, -0.25) is 5.32 Å². The molecule has 1 heterocycles.